The molecule has 5 nitrogen and oxygen atoms in total. The van der Waals surface area contributed by atoms with Crippen LogP contribution in [-0.2, 0) is 12.7 Å². The number of aryl methyl sites for hydroxylation is 1. The smallest absolute Gasteiger partial charge is 0.267 e. The molecule has 0 N–H and O–H groups in total. The highest BCUT2D eigenvalue weighted by Gasteiger charge is 2.34. The molecular weight excluding hydrogens is 554 g/mol. The molecule has 4 aromatic rings. The van der Waals surface area contributed by atoms with Gasteiger partial charge in [-0.05, 0) is 61.6 Å². The fourth-order valence-corrected chi connectivity index (χ4v) is 5.41. The Bertz CT molecular complexity index is 1480. The SMILES string of the molecule is Cc1cccc(F)c1.O=c1c(C2CCCCC2)cc(-c2scnc2C(F)F)nn1Cc1ncccc1C(F)(F)F. The number of thiazole rings is 1. The molecule has 0 amide bonds. The van der Waals surface area contributed by atoms with Crippen molar-refractivity contribution in [3.63, 3.8) is 0 Å². The highest BCUT2D eigenvalue weighted by atomic mass is 32.1. The molecule has 3 aromatic heterocycles. The van der Waals surface area contributed by atoms with Crippen LogP contribution in [0.3, 0.4) is 0 Å². The number of rotatable bonds is 5. The summed E-state index contributed by atoms with van der Waals surface area (Å²) in [6.07, 6.45) is -1.91. The first-order valence-corrected chi connectivity index (χ1v) is 13.5. The summed E-state index contributed by atoms with van der Waals surface area (Å²) in [5.74, 6) is -0.261. The van der Waals surface area contributed by atoms with Gasteiger partial charge in [-0.25, -0.2) is 22.8 Å². The van der Waals surface area contributed by atoms with Gasteiger partial charge in [-0.2, -0.15) is 18.3 Å². The third kappa shape index (κ3) is 7.15. The van der Waals surface area contributed by atoms with Gasteiger partial charge in [0.2, 0.25) is 0 Å². The van der Waals surface area contributed by atoms with Crippen LogP contribution in [0.15, 0.2) is 59.0 Å². The monoisotopic (exact) mass is 580 g/mol. The molecule has 1 aliphatic carbocycles. The Morgan fingerprint density at radius 2 is 1.80 bits per heavy atom. The van der Waals surface area contributed by atoms with Crippen molar-refractivity contribution < 1.29 is 26.3 Å². The summed E-state index contributed by atoms with van der Waals surface area (Å²) in [4.78, 5) is 20.8. The molecule has 1 fully saturated rings. The number of alkyl halides is 5. The van der Waals surface area contributed by atoms with E-state index in [1.54, 1.807) is 6.07 Å². The number of hydrogen-bond donors (Lipinski definition) is 0. The molecule has 1 aliphatic rings. The number of pyridine rings is 1. The maximum atomic E-state index is 13.4. The van der Waals surface area contributed by atoms with E-state index in [1.807, 2.05) is 13.0 Å². The van der Waals surface area contributed by atoms with Crippen LogP contribution in [0.4, 0.5) is 26.3 Å². The van der Waals surface area contributed by atoms with Crippen LogP contribution in [0.1, 0.15) is 72.5 Å². The zero-order chi connectivity index (χ0) is 28.9. The predicted octanol–water partition coefficient (Wildman–Crippen LogP) is 7.95. The predicted molar refractivity (Wildman–Crippen MR) is 140 cm³/mol. The standard InChI is InChI=1S/C21H19F5N4OS.C7H7F/c22-19(23)17-18(32-11-28-17)15-9-13(12-5-2-1-3-6-12)20(31)30(29-15)10-16-14(21(24,25)26)7-4-8-27-16;1-6-3-2-4-7(8)5-6/h4,7-9,11-12,19H,1-3,5-6,10H2;2-5H,1H3. The van der Waals surface area contributed by atoms with E-state index in [2.05, 4.69) is 15.1 Å². The minimum absolute atomic E-state index is 0.0991. The summed E-state index contributed by atoms with van der Waals surface area (Å²) < 4.78 is 80.2. The third-order valence-electron chi connectivity index (χ3n) is 6.56. The Morgan fingerprint density at radius 1 is 1.05 bits per heavy atom. The molecule has 0 unspecified atom stereocenters. The van der Waals surface area contributed by atoms with Gasteiger partial charge in [0.05, 0.1) is 28.2 Å². The largest absolute Gasteiger partial charge is 0.418 e. The van der Waals surface area contributed by atoms with E-state index in [0.717, 1.165) is 59.8 Å². The van der Waals surface area contributed by atoms with Crippen LogP contribution in [0.5, 0.6) is 0 Å². The zero-order valence-corrected chi connectivity index (χ0v) is 22.3. The van der Waals surface area contributed by atoms with Gasteiger partial charge in [0.15, 0.2) is 0 Å². The topological polar surface area (TPSA) is 60.7 Å². The van der Waals surface area contributed by atoms with Crippen molar-refractivity contribution in [2.24, 2.45) is 0 Å². The lowest BCUT2D eigenvalue weighted by atomic mass is 9.84. The van der Waals surface area contributed by atoms with E-state index in [9.17, 15) is 31.1 Å². The maximum Gasteiger partial charge on any atom is 0.418 e. The van der Waals surface area contributed by atoms with Crippen LogP contribution in [0, 0.1) is 12.7 Å². The molecule has 0 aliphatic heterocycles. The lowest BCUT2D eigenvalue weighted by molar-refractivity contribution is -0.138. The molecule has 3 heterocycles. The van der Waals surface area contributed by atoms with E-state index < -0.39 is 36.0 Å². The van der Waals surface area contributed by atoms with E-state index in [-0.39, 0.29) is 28.0 Å². The normalized spacial score (nSPS) is 14.2. The molecule has 1 saturated carbocycles. The number of nitrogens with zero attached hydrogens (tertiary/aromatic N) is 4. The second-order valence-electron chi connectivity index (χ2n) is 9.44. The Balaban J connectivity index is 0.000000398. The van der Waals surface area contributed by atoms with Gasteiger partial charge < -0.3 is 0 Å². The minimum Gasteiger partial charge on any atom is -0.267 e. The molecule has 0 saturated heterocycles. The minimum atomic E-state index is -4.66. The van der Waals surface area contributed by atoms with Gasteiger partial charge in [-0.1, -0.05) is 31.4 Å². The number of benzene rings is 1. The van der Waals surface area contributed by atoms with Crippen LogP contribution in [0.25, 0.3) is 10.6 Å². The molecule has 0 spiro atoms. The lowest BCUT2D eigenvalue weighted by Gasteiger charge is -2.22. The lowest BCUT2D eigenvalue weighted by Crippen LogP contribution is -2.30. The van der Waals surface area contributed by atoms with E-state index >= 15 is 0 Å². The van der Waals surface area contributed by atoms with Crippen molar-refractivity contribution in [3.8, 4) is 10.6 Å². The highest BCUT2D eigenvalue weighted by Crippen LogP contribution is 2.36. The van der Waals surface area contributed by atoms with Crippen molar-refractivity contribution in [1.82, 2.24) is 19.7 Å². The summed E-state index contributed by atoms with van der Waals surface area (Å²) >= 11 is 0.950. The van der Waals surface area contributed by atoms with Gasteiger partial charge >= 0.3 is 6.18 Å². The summed E-state index contributed by atoms with van der Waals surface area (Å²) in [5.41, 5.74) is 0.391. The van der Waals surface area contributed by atoms with Crippen molar-refractivity contribution in [3.05, 3.63) is 98.4 Å². The van der Waals surface area contributed by atoms with Crippen molar-refractivity contribution in [1.29, 1.82) is 0 Å². The van der Waals surface area contributed by atoms with Gasteiger partial charge in [-0.3, -0.25) is 9.78 Å². The van der Waals surface area contributed by atoms with Crippen molar-refractivity contribution >= 4 is 11.3 Å². The number of hydrogen-bond acceptors (Lipinski definition) is 5. The molecule has 5 rings (SSSR count). The molecule has 212 valence electrons. The molecule has 0 bridgehead atoms. The first-order valence-electron chi connectivity index (χ1n) is 12.6. The molecule has 12 heteroatoms. The summed E-state index contributed by atoms with van der Waals surface area (Å²) in [5, 5.41) is 4.17. The molecule has 0 radical (unpaired) electrons. The van der Waals surface area contributed by atoms with Crippen LogP contribution in [-0.4, -0.2) is 19.7 Å². The highest BCUT2D eigenvalue weighted by molar-refractivity contribution is 7.13. The van der Waals surface area contributed by atoms with Crippen LogP contribution in [0.2, 0.25) is 0 Å². The fourth-order valence-electron chi connectivity index (χ4n) is 4.66. The molecule has 40 heavy (non-hydrogen) atoms. The summed E-state index contributed by atoms with van der Waals surface area (Å²) in [6.45, 7) is 1.34. The van der Waals surface area contributed by atoms with Gasteiger partial charge in [-0.15, -0.1) is 11.3 Å². The first kappa shape index (κ1) is 29.4. The van der Waals surface area contributed by atoms with Crippen molar-refractivity contribution in [2.75, 3.05) is 0 Å². The van der Waals surface area contributed by atoms with Gasteiger partial charge in [0, 0.05) is 11.8 Å². The number of halogens is 6. The average molecular weight is 581 g/mol. The van der Waals surface area contributed by atoms with E-state index in [4.69, 9.17) is 0 Å². The quantitative estimate of drug-likeness (QED) is 0.225. The molecular formula is C28H26F6N4OS. The Labute approximate surface area is 230 Å². The summed E-state index contributed by atoms with van der Waals surface area (Å²) in [6, 6.07) is 10.0. The Morgan fingerprint density at radius 3 is 2.42 bits per heavy atom. The Hall–Kier alpha value is -3.54. The van der Waals surface area contributed by atoms with Crippen LogP contribution >= 0.6 is 11.3 Å². The first-order chi connectivity index (χ1) is 19.0. The van der Waals surface area contributed by atoms with Gasteiger partial charge in [0.1, 0.15) is 17.2 Å². The molecule has 0 atom stereocenters. The third-order valence-corrected chi connectivity index (χ3v) is 7.42. The van der Waals surface area contributed by atoms with Crippen molar-refractivity contribution in [2.45, 2.75) is 64.1 Å². The summed E-state index contributed by atoms with van der Waals surface area (Å²) in [7, 11) is 0. The number of aromatic nitrogens is 4. The van der Waals surface area contributed by atoms with E-state index in [0.29, 0.717) is 5.56 Å². The van der Waals surface area contributed by atoms with Crippen LogP contribution < -0.4 is 5.56 Å². The molecule has 1 aromatic carbocycles. The zero-order valence-electron chi connectivity index (χ0n) is 21.5. The maximum absolute atomic E-state index is 13.4. The van der Waals surface area contributed by atoms with Gasteiger partial charge in [0.25, 0.3) is 12.0 Å². The second kappa shape index (κ2) is 12.8. The second-order valence-corrected chi connectivity index (χ2v) is 10.3. The average Bonchev–Trinajstić information content (AvgIpc) is 3.41. The Kier molecular flexibility index (Phi) is 9.39. The fraction of sp³-hybridized carbons (Fsp3) is 0.357. The van der Waals surface area contributed by atoms with E-state index in [1.165, 1.54) is 36.0 Å².